The quantitative estimate of drug-likeness (QED) is 0.714. The summed E-state index contributed by atoms with van der Waals surface area (Å²) in [5.41, 5.74) is 3.83. The highest BCUT2D eigenvalue weighted by Crippen LogP contribution is 2.34. The molecule has 6 nitrogen and oxygen atoms in total. The van der Waals surface area contributed by atoms with Crippen LogP contribution in [0, 0.1) is 20.8 Å². The van der Waals surface area contributed by atoms with Gasteiger partial charge in [0.25, 0.3) is 0 Å². The lowest BCUT2D eigenvalue weighted by Crippen LogP contribution is -2.34. The maximum atomic E-state index is 12.5. The Morgan fingerprint density at radius 2 is 2.04 bits per heavy atom. The summed E-state index contributed by atoms with van der Waals surface area (Å²) >= 11 is 0. The van der Waals surface area contributed by atoms with Crippen molar-refractivity contribution in [2.75, 3.05) is 13.2 Å². The van der Waals surface area contributed by atoms with Gasteiger partial charge >= 0.3 is 5.63 Å². The van der Waals surface area contributed by atoms with Crippen LogP contribution in [0.15, 0.2) is 26.0 Å². The normalized spacial score (nSPS) is 17.1. The van der Waals surface area contributed by atoms with Crippen molar-refractivity contribution < 1.29 is 18.4 Å². The number of ether oxygens (including phenoxy) is 1. The van der Waals surface area contributed by atoms with E-state index in [1.807, 2.05) is 26.8 Å². The highest BCUT2D eigenvalue weighted by atomic mass is 16.5. The minimum Gasteiger partial charge on any atom is -0.463 e. The molecule has 142 valence electrons. The summed E-state index contributed by atoms with van der Waals surface area (Å²) in [7, 11) is 0. The second-order valence-corrected chi connectivity index (χ2v) is 7.30. The summed E-state index contributed by atoms with van der Waals surface area (Å²) in [6, 6.07) is 1.86. The summed E-state index contributed by atoms with van der Waals surface area (Å²) in [6.45, 7) is 7.00. The molecule has 0 aliphatic carbocycles. The fourth-order valence-corrected chi connectivity index (χ4v) is 3.93. The molecule has 1 N–H and O–H groups in total. The third-order valence-electron chi connectivity index (χ3n) is 5.36. The lowest BCUT2D eigenvalue weighted by molar-refractivity contribution is -0.121. The Labute approximate surface area is 156 Å². The zero-order chi connectivity index (χ0) is 19.1. The lowest BCUT2D eigenvalue weighted by Gasteiger charge is -2.12. The van der Waals surface area contributed by atoms with Crippen molar-refractivity contribution in [1.82, 2.24) is 5.32 Å². The SMILES string of the molecule is Cc1coc2c1c(C)cc1oc(=O)c(CC(=O)NCC3CCCO3)c(C)c12. The number of benzene rings is 1. The van der Waals surface area contributed by atoms with Gasteiger partial charge in [-0.25, -0.2) is 4.79 Å². The van der Waals surface area contributed by atoms with Gasteiger partial charge in [-0.2, -0.15) is 0 Å². The predicted molar refractivity (Wildman–Crippen MR) is 102 cm³/mol. The van der Waals surface area contributed by atoms with Gasteiger partial charge in [-0.05, 0) is 56.4 Å². The Morgan fingerprint density at radius 3 is 2.78 bits per heavy atom. The molecule has 1 atom stereocenters. The fraction of sp³-hybridized carbons (Fsp3) is 0.429. The Hall–Kier alpha value is -2.60. The average Bonchev–Trinajstić information content (AvgIpc) is 3.27. The third kappa shape index (κ3) is 3.14. The van der Waals surface area contributed by atoms with Gasteiger partial charge in [-0.1, -0.05) is 0 Å². The molecule has 2 aromatic heterocycles. The number of rotatable bonds is 4. The monoisotopic (exact) mass is 369 g/mol. The number of nitrogens with one attached hydrogen (secondary N) is 1. The lowest BCUT2D eigenvalue weighted by atomic mass is 9.99. The Balaban J connectivity index is 1.70. The molecule has 1 amide bonds. The molecule has 1 aliphatic heterocycles. The molecular formula is C21H23NO5. The number of fused-ring (bicyclic) bond motifs is 3. The van der Waals surface area contributed by atoms with Crippen LogP contribution in [-0.2, 0) is 16.0 Å². The molecule has 0 bridgehead atoms. The van der Waals surface area contributed by atoms with Crippen molar-refractivity contribution in [1.29, 1.82) is 0 Å². The summed E-state index contributed by atoms with van der Waals surface area (Å²) in [4.78, 5) is 24.9. The number of furan rings is 1. The van der Waals surface area contributed by atoms with Gasteiger partial charge < -0.3 is 18.9 Å². The molecule has 0 saturated carbocycles. The fourth-order valence-electron chi connectivity index (χ4n) is 3.93. The molecule has 1 fully saturated rings. The van der Waals surface area contributed by atoms with E-state index in [2.05, 4.69) is 5.32 Å². The van der Waals surface area contributed by atoms with Crippen LogP contribution in [0.25, 0.3) is 21.9 Å². The van der Waals surface area contributed by atoms with Gasteiger partial charge in [-0.3, -0.25) is 4.79 Å². The minimum atomic E-state index is -0.478. The second-order valence-electron chi connectivity index (χ2n) is 7.30. The highest BCUT2D eigenvalue weighted by molar-refractivity contribution is 6.07. The van der Waals surface area contributed by atoms with Gasteiger partial charge in [0.1, 0.15) is 11.2 Å². The van der Waals surface area contributed by atoms with E-state index in [1.54, 1.807) is 6.26 Å². The van der Waals surface area contributed by atoms with Crippen LogP contribution in [0.2, 0.25) is 0 Å². The smallest absolute Gasteiger partial charge is 0.340 e. The summed E-state index contributed by atoms with van der Waals surface area (Å²) in [5.74, 6) is -0.209. The molecular weight excluding hydrogens is 346 g/mol. The molecule has 1 aromatic carbocycles. The summed E-state index contributed by atoms with van der Waals surface area (Å²) in [6.07, 6.45) is 3.72. The molecule has 4 rings (SSSR count). The molecule has 0 radical (unpaired) electrons. The molecule has 1 saturated heterocycles. The Morgan fingerprint density at radius 1 is 1.22 bits per heavy atom. The van der Waals surface area contributed by atoms with E-state index >= 15 is 0 Å². The summed E-state index contributed by atoms with van der Waals surface area (Å²) in [5, 5.41) is 4.63. The molecule has 0 spiro atoms. The third-order valence-corrected chi connectivity index (χ3v) is 5.36. The first-order chi connectivity index (χ1) is 13.0. The van der Waals surface area contributed by atoms with Crippen molar-refractivity contribution in [2.24, 2.45) is 0 Å². The van der Waals surface area contributed by atoms with E-state index in [0.29, 0.717) is 23.3 Å². The minimum absolute atomic E-state index is 0.0219. The van der Waals surface area contributed by atoms with Crippen LogP contribution in [0.5, 0.6) is 0 Å². The zero-order valence-electron chi connectivity index (χ0n) is 15.8. The molecule has 1 aliphatic rings. The van der Waals surface area contributed by atoms with E-state index < -0.39 is 5.63 Å². The van der Waals surface area contributed by atoms with Crippen LogP contribution in [0.3, 0.4) is 0 Å². The van der Waals surface area contributed by atoms with E-state index in [4.69, 9.17) is 13.6 Å². The van der Waals surface area contributed by atoms with E-state index in [0.717, 1.165) is 46.9 Å². The number of carbonyl (C=O) groups excluding carboxylic acids is 1. The van der Waals surface area contributed by atoms with Gasteiger partial charge in [0, 0.05) is 18.5 Å². The van der Waals surface area contributed by atoms with E-state index in [1.165, 1.54) is 0 Å². The van der Waals surface area contributed by atoms with Crippen LogP contribution >= 0.6 is 0 Å². The molecule has 3 aromatic rings. The number of hydrogen-bond donors (Lipinski definition) is 1. The number of aryl methyl sites for hydroxylation is 3. The zero-order valence-corrected chi connectivity index (χ0v) is 15.8. The Kier molecular flexibility index (Phi) is 4.52. The molecule has 1 unspecified atom stereocenters. The molecule has 3 heterocycles. The maximum Gasteiger partial charge on any atom is 0.340 e. The van der Waals surface area contributed by atoms with E-state index in [9.17, 15) is 9.59 Å². The first-order valence-electron chi connectivity index (χ1n) is 9.27. The average molecular weight is 369 g/mol. The van der Waals surface area contributed by atoms with Crippen molar-refractivity contribution in [2.45, 2.75) is 46.1 Å². The van der Waals surface area contributed by atoms with Gasteiger partial charge in [0.2, 0.25) is 5.91 Å². The maximum absolute atomic E-state index is 12.5. The van der Waals surface area contributed by atoms with Gasteiger partial charge in [0.15, 0.2) is 0 Å². The molecule has 27 heavy (non-hydrogen) atoms. The van der Waals surface area contributed by atoms with Crippen molar-refractivity contribution in [3.63, 3.8) is 0 Å². The van der Waals surface area contributed by atoms with Gasteiger partial charge in [0.05, 0.1) is 29.7 Å². The van der Waals surface area contributed by atoms with Crippen LogP contribution in [-0.4, -0.2) is 25.2 Å². The predicted octanol–water partition coefficient (Wildman–Crippen LogP) is 3.30. The number of amides is 1. The van der Waals surface area contributed by atoms with Crippen LogP contribution in [0.1, 0.15) is 35.1 Å². The van der Waals surface area contributed by atoms with Crippen molar-refractivity contribution in [3.8, 4) is 0 Å². The Bertz CT molecular complexity index is 1090. The second kappa shape index (κ2) is 6.85. The number of hydrogen-bond acceptors (Lipinski definition) is 5. The molecule has 6 heteroatoms. The van der Waals surface area contributed by atoms with Crippen LogP contribution < -0.4 is 10.9 Å². The van der Waals surface area contributed by atoms with E-state index in [-0.39, 0.29) is 18.4 Å². The van der Waals surface area contributed by atoms with Crippen LogP contribution in [0.4, 0.5) is 0 Å². The van der Waals surface area contributed by atoms with Crippen molar-refractivity contribution in [3.05, 3.63) is 45.0 Å². The highest BCUT2D eigenvalue weighted by Gasteiger charge is 2.21. The topological polar surface area (TPSA) is 81.7 Å². The first-order valence-corrected chi connectivity index (χ1v) is 9.27. The largest absolute Gasteiger partial charge is 0.463 e. The number of carbonyl (C=O) groups is 1. The van der Waals surface area contributed by atoms with Crippen molar-refractivity contribution >= 4 is 27.8 Å². The summed E-state index contributed by atoms with van der Waals surface area (Å²) < 4.78 is 16.8. The van der Waals surface area contributed by atoms with Gasteiger partial charge in [-0.15, -0.1) is 0 Å². The first kappa shape index (κ1) is 17.8. The standard InChI is InChI=1S/C21H23NO5/c1-11-7-16-19(20-18(11)12(2)10-26-20)13(3)15(21(24)27-16)8-17(23)22-9-14-5-4-6-25-14/h7,10,14H,4-6,8-9H2,1-3H3,(H,22,23).